The van der Waals surface area contributed by atoms with Crippen LogP contribution in [0.3, 0.4) is 0 Å². The van der Waals surface area contributed by atoms with Crippen LogP contribution >= 0.6 is 0 Å². The van der Waals surface area contributed by atoms with Crippen molar-refractivity contribution in [2.75, 3.05) is 31.1 Å². The maximum absolute atomic E-state index is 9.39. The Bertz CT molecular complexity index is 528. The Kier molecular flexibility index (Phi) is 4.42. The number of nitrogens with two attached hydrogens (primary N) is 1. The van der Waals surface area contributed by atoms with Gasteiger partial charge in [-0.05, 0) is 50.0 Å². The molecule has 0 bridgehead atoms. The van der Waals surface area contributed by atoms with Crippen molar-refractivity contribution in [1.82, 2.24) is 4.90 Å². The lowest BCUT2D eigenvalue weighted by Gasteiger charge is -2.32. The third kappa shape index (κ3) is 3.04. The first kappa shape index (κ1) is 14.4. The molecule has 0 radical (unpaired) electrons. The van der Waals surface area contributed by atoms with E-state index in [0.29, 0.717) is 12.6 Å². The van der Waals surface area contributed by atoms with Crippen molar-refractivity contribution in [3.05, 3.63) is 29.3 Å². The molecule has 0 aliphatic carbocycles. The van der Waals surface area contributed by atoms with Crippen LogP contribution in [0.1, 0.15) is 36.8 Å². The van der Waals surface area contributed by atoms with E-state index in [1.807, 2.05) is 12.1 Å². The molecule has 2 N–H and O–H groups in total. The van der Waals surface area contributed by atoms with E-state index in [4.69, 9.17) is 5.73 Å². The van der Waals surface area contributed by atoms with Gasteiger partial charge in [0.05, 0.1) is 11.3 Å². The highest BCUT2D eigenvalue weighted by Gasteiger charge is 2.29. The van der Waals surface area contributed by atoms with Crippen molar-refractivity contribution in [2.45, 2.75) is 38.3 Å². The highest BCUT2D eigenvalue weighted by atomic mass is 15.3. The summed E-state index contributed by atoms with van der Waals surface area (Å²) in [6.45, 7) is 5.09. The number of nitrogens with zero attached hydrogens (tertiary/aromatic N) is 3. The molecule has 2 aliphatic heterocycles. The van der Waals surface area contributed by atoms with Crippen LogP contribution in [-0.4, -0.2) is 37.1 Å². The first-order chi connectivity index (χ1) is 10.3. The van der Waals surface area contributed by atoms with Crippen LogP contribution in [0.5, 0.6) is 0 Å². The van der Waals surface area contributed by atoms with Crippen molar-refractivity contribution in [2.24, 2.45) is 5.73 Å². The number of rotatable bonds is 3. The van der Waals surface area contributed by atoms with Crippen molar-refractivity contribution >= 4 is 5.69 Å². The molecule has 4 heteroatoms. The van der Waals surface area contributed by atoms with E-state index in [9.17, 15) is 5.26 Å². The Morgan fingerprint density at radius 1 is 1.19 bits per heavy atom. The van der Waals surface area contributed by atoms with Gasteiger partial charge in [-0.2, -0.15) is 5.26 Å². The summed E-state index contributed by atoms with van der Waals surface area (Å²) < 4.78 is 0. The summed E-state index contributed by atoms with van der Waals surface area (Å²) in [4.78, 5) is 5.02. The van der Waals surface area contributed by atoms with E-state index in [2.05, 4.69) is 21.9 Å². The number of hydrogen-bond donors (Lipinski definition) is 1. The number of benzene rings is 1. The van der Waals surface area contributed by atoms with Gasteiger partial charge in [0.1, 0.15) is 6.07 Å². The molecule has 0 amide bonds. The largest absolute Gasteiger partial charge is 0.369 e. The third-order valence-electron chi connectivity index (χ3n) is 4.83. The molecule has 1 atom stereocenters. The van der Waals surface area contributed by atoms with E-state index in [1.54, 1.807) is 0 Å². The van der Waals surface area contributed by atoms with Gasteiger partial charge in [-0.1, -0.05) is 12.5 Å². The molecule has 2 aliphatic rings. The molecule has 1 aromatic carbocycles. The number of nitriles is 1. The molecule has 2 fully saturated rings. The summed E-state index contributed by atoms with van der Waals surface area (Å²) in [6.07, 6.45) is 5.27. The van der Waals surface area contributed by atoms with Gasteiger partial charge in [-0.3, -0.25) is 4.90 Å². The quantitative estimate of drug-likeness (QED) is 0.923. The van der Waals surface area contributed by atoms with Crippen LogP contribution in [0, 0.1) is 11.3 Å². The minimum atomic E-state index is 0.491. The molecule has 112 valence electrons. The minimum Gasteiger partial charge on any atom is -0.369 e. The van der Waals surface area contributed by atoms with Gasteiger partial charge < -0.3 is 10.6 Å². The zero-order valence-corrected chi connectivity index (χ0v) is 12.6. The molecular formula is C17H24N4. The summed E-state index contributed by atoms with van der Waals surface area (Å²) in [7, 11) is 0. The highest BCUT2D eigenvalue weighted by molar-refractivity contribution is 5.61. The summed E-state index contributed by atoms with van der Waals surface area (Å²) in [5.74, 6) is 0. The average molecular weight is 284 g/mol. The van der Waals surface area contributed by atoms with Crippen molar-refractivity contribution in [3.8, 4) is 6.07 Å². The molecule has 0 saturated carbocycles. The van der Waals surface area contributed by atoms with Crippen LogP contribution in [0.4, 0.5) is 5.69 Å². The fourth-order valence-corrected chi connectivity index (χ4v) is 3.62. The number of piperidine rings is 1. The van der Waals surface area contributed by atoms with Crippen LogP contribution in [0.2, 0.25) is 0 Å². The summed E-state index contributed by atoms with van der Waals surface area (Å²) in [5.41, 5.74) is 8.54. The lowest BCUT2D eigenvalue weighted by molar-refractivity contribution is 0.175. The normalized spacial score (nSPS) is 23.2. The predicted molar refractivity (Wildman–Crippen MR) is 85.1 cm³/mol. The minimum absolute atomic E-state index is 0.491. The molecule has 1 aromatic rings. The molecule has 0 aromatic heterocycles. The van der Waals surface area contributed by atoms with E-state index >= 15 is 0 Å². The van der Waals surface area contributed by atoms with E-state index in [1.165, 1.54) is 38.8 Å². The highest BCUT2D eigenvalue weighted by Crippen LogP contribution is 2.28. The molecule has 0 spiro atoms. The predicted octanol–water partition coefficient (Wildman–Crippen LogP) is 2.08. The Morgan fingerprint density at radius 2 is 2.00 bits per heavy atom. The topological polar surface area (TPSA) is 56.3 Å². The van der Waals surface area contributed by atoms with Gasteiger partial charge in [0.15, 0.2) is 0 Å². The summed E-state index contributed by atoms with van der Waals surface area (Å²) >= 11 is 0. The first-order valence-electron chi connectivity index (χ1n) is 8.04. The second kappa shape index (κ2) is 6.46. The smallest absolute Gasteiger partial charge is 0.101 e. The third-order valence-corrected chi connectivity index (χ3v) is 4.83. The second-order valence-corrected chi connectivity index (χ2v) is 6.15. The molecular weight excluding hydrogens is 260 g/mol. The number of likely N-dealkylation sites (tertiary alicyclic amines) is 1. The molecule has 2 saturated heterocycles. The molecule has 21 heavy (non-hydrogen) atoms. The van der Waals surface area contributed by atoms with Gasteiger partial charge in [0.25, 0.3) is 0 Å². The molecule has 3 rings (SSSR count). The fourth-order valence-electron chi connectivity index (χ4n) is 3.62. The van der Waals surface area contributed by atoms with Crippen molar-refractivity contribution in [1.29, 1.82) is 5.26 Å². The monoisotopic (exact) mass is 284 g/mol. The first-order valence-corrected chi connectivity index (χ1v) is 8.04. The Hall–Kier alpha value is -1.57. The fraction of sp³-hybridized carbons (Fsp3) is 0.588. The van der Waals surface area contributed by atoms with Gasteiger partial charge in [0, 0.05) is 25.7 Å². The maximum atomic E-state index is 9.39. The summed E-state index contributed by atoms with van der Waals surface area (Å²) in [5, 5.41) is 9.39. The molecule has 2 heterocycles. The second-order valence-electron chi connectivity index (χ2n) is 6.15. The standard InChI is InChI=1S/C17H24N4/c18-11-14-4-5-17(15(10-14)12-19)21-9-6-16(13-21)20-7-2-1-3-8-20/h4-5,10,16H,1-3,6-9,11,13,18H2. The van der Waals surface area contributed by atoms with Crippen LogP contribution in [0.15, 0.2) is 18.2 Å². The van der Waals surface area contributed by atoms with E-state index in [-0.39, 0.29) is 0 Å². The molecule has 4 nitrogen and oxygen atoms in total. The molecule has 1 unspecified atom stereocenters. The maximum Gasteiger partial charge on any atom is 0.101 e. The zero-order valence-electron chi connectivity index (χ0n) is 12.6. The van der Waals surface area contributed by atoms with E-state index < -0.39 is 0 Å². The lowest BCUT2D eigenvalue weighted by Crippen LogP contribution is -2.40. The van der Waals surface area contributed by atoms with Crippen LogP contribution < -0.4 is 10.6 Å². The Morgan fingerprint density at radius 3 is 2.71 bits per heavy atom. The lowest BCUT2D eigenvalue weighted by atomic mass is 10.1. The van der Waals surface area contributed by atoms with Gasteiger partial charge in [-0.25, -0.2) is 0 Å². The van der Waals surface area contributed by atoms with Crippen LogP contribution in [-0.2, 0) is 6.54 Å². The van der Waals surface area contributed by atoms with Gasteiger partial charge in [-0.15, -0.1) is 0 Å². The zero-order chi connectivity index (χ0) is 14.7. The van der Waals surface area contributed by atoms with E-state index in [0.717, 1.165) is 29.9 Å². The SMILES string of the molecule is N#Cc1cc(CN)ccc1N1CCC(N2CCCCC2)C1. The summed E-state index contributed by atoms with van der Waals surface area (Å²) in [6, 6.07) is 9.04. The average Bonchev–Trinajstić information content (AvgIpc) is 3.04. The van der Waals surface area contributed by atoms with Crippen LogP contribution in [0.25, 0.3) is 0 Å². The number of anilines is 1. The Labute approximate surface area is 127 Å². The van der Waals surface area contributed by atoms with Crippen molar-refractivity contribution < 1.29 is 0 Å². The van der Waals surface area contributed by atoms with Gasteiger partial charge >= 0.3 is 0 Å². The Balaban J connectivity index is 1.72. The van der Waals surface area contributed by atoms with Crippen molar-refractivity contribution in [3.63, 3.8) is 0 Å². The number of hydrogen-bond acceptors (Lipinski definition) is 4. The van der Waals surface area contributed by atoms with Gasteiger partial charge in [0.2, 0.25) is 0 Å².